The number of ether oxygens (including phenoxy) is 1. The van der Waals surface area contributed by atoms with Crippen molar-refractivity contribution in [3.63, 3.8) is 0 Å². The second-order valence-electron chi connectivity index (χ2n) is 4.54. The smallest absolute Gasteiger partial charge is 0.165 e. The van der Waals surface area contributed by atoms with E-state index in [1.54, 1.807) is 17.4 Å². The lowest BCUT2D eigenvalue weighted by Crippen LogP contribution is -2.29. The molecule has 2 aromatic rings. The van der Waals surface area contributed by atoms with E-state index in [0.29, 0.717) is 0 Å². The Labute approximate surface area is 122 Å². The maximum atomic E-state index is 13.8. The van der Waals surface area contributed by atoms with Crippen LogP contribution >= 0.6 is 11.3 Å². The number of nitrogens with one attached hydrogen (secondary N) is 1. The number of aryl methyl sites for hydroxylation is 1. The first-order chi connectivity index (χ1) is 9.67. The summed E-state index contributed by atoms with van der Waals surface area (Å²) >= 11 is 1.77. The maximum absolute atomic E-state index is 13.8. The van der Waals surface area contributed by atoms with Crippen molar-refractivity contribution in [2.24, 2.45) is 5.84 Å². The van der Waals surface area contributed by atoms with Crippen LogP contribution in [-0.2, 0) is 12.8 Å². The Kier molecular flexibility index (Phi) is 5.11. The first kappa shape index (κ1) is 15.0. The molecule has 0 amide bonds. The van der Waals surface area contributed by atoms with Crippen molar-refractivity contribution in [1.82, 2.24) is 5.43 Å². The summed E-state index contributed by atoms with van der Waals surface area (Å²) in [4.78, 5) is 2.58. The fraction of sp³-hybridized carbons (Fsp3) is 0.333. The van der Waals surface area contributed by atoms with Gasteiger partial charge in [0.2, 0.25) is 0 Å². The molecule has 0 aliphatic heterocycles. The lowest BCUT2D eigenvalue weighted by molar-refractivity contribution is 0.385. The first-order valence-corrected chi connectivity index (χ1v) is 7.36. The molecule has 3 nitrogen and oxygen atoms in total. The van der Waals surface area contributed by atoms with Crippen LogP contribution in [0.4, 0.5) is 4.39 Å². The summed E-state index contributed by atoms with van der Waals surface area (Å²) in [7, 11) is 1.45. The zero-order valence-electron chi connectivity index (χ0n) is 11.7. The molecule has 1 atom stereocenters. The largest absolute Gasteiger partial charge is 0.494 e. The number of nitrogens with two attached hydrogens (primary N) is 1. The third-order valence-corrected chi connectivity index (χ3v) is 4.50. The second kappa shape index (κ2) is 6.83. The highest BCUT2D eigenvalue weighted by molar-refractivity contribution is 7.11. The highest BCUT2D eigenvalue weighted by atomic mass is 32.1. The highest BCUT2D eigenvalue weighted by Gasteiger charge is 2.14. The van der Waals surface area contributed by atoms with Gasteiger partial charge in [0.05, 0.1) is 13.2 Å². The number of thiophene rings is 1. The summed E-state index contributed by atoms with van der Waals surface area (Å²) in [6.45, 7) is 2.13. The van der Waals surface area contributed by atoms with Gasteiger partial charge in [0.1, 0.15) is 0 Å². The first-order valence-electron chi connectivity index (χ1n) is 6.55. The minimum absolute atomic E-state index is 0.112. The van der Waals surface area contributed by atoms with E-state index in [1.807, 2.05) is 6.07 Å². The van der Waals surface area contributed by atoms with E-state index in [4.69, 9.17) is 10.6 Å². The van der Waals surface area contributed by atoms with Crippen LogP contribution < -0.4 is 16.0 Å². The lowest BCUT2D eigenvalue weighted by Gasteiger charge is -2.16. The third kappa shape index (κ3) is 3.36. The molecular formula is C15H19FN2OS. The number of hydrogen-bond acceptors (Lipinski definition) is 4. The van der Waals surface area contributed by atoms with Crippen LogP contribution in [0.25, 0.3) is 0 Å². The molecule has 0 saturated heterocycles. The van der Waals surface area contributed by atoms with Gasteiger partial charge in [-0.1, -0.05) is 13.0 Å². The Hall–Kier alpha value is -1.43. The lowest BCUT2D eigenvalue weighted by atomic mass is 10.0. The molecule has 3 N–H and O–H groups in total. The number of rotatable bonds is 6. The standard InChI is InChI=1S/C15H19FN2OS/c1-3-11-5-6-12(20-11)9-14(18-17)10-4-7-15(19-2)13(16)8-10/h4-8,14,18H,3,9,17H2,1-2H3. The minimum Gasteiger partial charge on any atom is -0.494 e. The molecule has 0 saturated carbocycles. The number of hydrazine groups is 1. The van der Waals surface area contributed by atoms with Gasteiger partial charge in [0.15, 0.2) is 11.6 Å². The van der Waals surface area contributed by atoms with Gasteiger partial charge in [0.25, 0.3) is 0 Å². The van der Waals surface area contributed by atoms with Crippen LogP contribution in [0.2, 0.25) is 0 Å². The van der Waals surface area contributed by atoms with E-state index >= 15 is 0 Å². The van der Waals surface area contributed by atoms with E-state index in [-0.39, 0.29) is 17.6 Å². The van der Waals surface area contributed by atoms with Gasteiger partial charge in [-0.15, -0.1) is 11.3 Å². The van der Waals surface area contributed by atoms with Crippen molar-refractivity contribution in [1.29, 1.82) is 0 Å². The molecule has 1 aromatic heterocycles. The van der Waals surface area contributed by atoms with Crippen LogP contribution in [0.3, 0.4) is 0 Å². The molecule has 5 heteroatoms. The zero-order valence-corrected chi connectivity index (χ0v) is 12.5. The van der Waals surface area contributed by atoms with Crippen molar-refractivity contribution >= 4 is 11.3 Å². The Morgan fingerprint density at radius 1 is 1.30 bits per heavy atom. The molecule has 2 rings (SSSR count). The summed E-state index contributed by atoms with van der Waals surface area (Å²) < 4.78 is 18.7. The molecular weight excluding hydrogens is 275 g/mol. The van der Waals surface area contributed by atoms with Crippen molar-refractivity contribution in [2.75, 3.05) is 7.11 Å². The Bertz CT molecular complexity index is 571. The van der Waals surface area contributed by atoms with E-state index in [0.717, 1.165) is 18.4 Å². The van der Waals surface area contributed by atoms with Gasteiger partial charge in [-0.25, -0.2) is 4.39 Å². The summed E-state index contributed by atoms with van der Waals surface area (Å²) in [6.07, 6.45) is 1.77. The van der Waals surface area contributed by atoms with Gasteiger partial charge in [-0.3, -0.25) is 11.3 Å². The summed E-state index contributed by atoms with van der Waals surface area (Å²) in [6, 6.07) is 9.05. The molecule has 1 aromatic carbocycles. The summed E-state index contributed by atoms with van der Waals surface area (Å²) in [5.41, 5.74) is 3.57. The molecule has 1 unspecified atom stereocenters. The van der Waals surface area contributed by atoms with Crippen molar-refractivity contribution in [3.05, 3.63) is 51.5 Å². The average molecular weight is 294 g/mol. The normalized spacial score (nSPS) is 12.4. The summed E-state index contributed by atoms with van der Waals surface area (Å²) in [5.74, 6) is 5.49. The van der Waals surface area contributed by atoms with Gasteiger partial charge in [-0.2, -0.15) is 0 Å². The van der Waals surface area contributed by atoms with Gasteiger partial charge >= 0.3 is 0 Å². The fourth-order valence-corrected chi connectivity index (χ4v) is 3.10. The van der Waals surface area contributed by atoms with Crippen LogP contribution in [0.1, 0.15) is 28.3 Å². The van der Waals surface area contributed by atoms with Crippen molar-refractivity contribution in [3.8, 4) is 5.75 Å². The van der Waals surface area contributed by atoms with Crippen LogP contribution in [0, 0.1) is 5.82 Å². The predicted molar refractivity (Wildman–Crippen MR) is 80.4 cm³/mol. The minimum atomic E-state index is -0.370. The molecule has 0 aliphatic carbocycles. The Balaban J connectivity index is 2.17. The topological polar surface area (TPSA) is 47.3 Å². The number of halogens is 1. The molecule has 1 heterocycles. The molecule has 0 aliphatic rings. The molecule has 108 valence electrons. The third-order valence-electron chi connectivity index (χ3n) is 3.25. The quantitative estimate of drug-likeness (QED) is 0.635. The molecule has 0 bridgehead atoms. The number of hydrogen-bond donors (Lipinski definition) is 2. The molecule has 0 spiro atoms. The second-order valence-corrected chi connectivity index (χ2v) is 5.79. The molecule has 0 radical (unpaired) electrons. The monoisotopic (exact) mass is 294 g/mol. The van der Waals surface area contributed by atoms with Gasteiger partial charge < -0.3 is 4.74 Å². The van der Waals surface area contributed by atoms with E-state index in [2.05, 4.69) is 24.5 Å². The molecule has 20 heavy (non-hydrogen) atoms. The van der Waals surface area contributed by atoms with Crippen LogP contribution in [0.15, 0.2) is 30.3 Å². The predicted octanol–water partition coefficient (Wildman–Crippen LogP) is 3.21. The van der Waals surface area contributed by atoms with E-state index < -0.39 is 0 Å². The Morgan fingerprint density at radius 2 is 2.05 bits per heavy atom. The Morgan fingerprint density at radius 3 is 2.60 bits per heavy atom. The van der Waals surface area contributed by atoms with E-state index in [9.17, 15) is 4.39 Å². The average Bonchev–Trinajstić information content (AvgIpc) is 2.92. The van der Waals surface area contributed by atoms with Crippen LogP contribution in [-0.4, -0.2) is 7.11 Å². The summed E-state index contributed by atoms with van der Waals surface area (Å²) in [5, 5.41) is 0. The van der Waals surface area contributed by atoms with Gasteiger partial charge in [0, 0.05) is 16.2 Å². The maximum Gasteiger partial charge on any atom is 0.165 e. The fourth-order valence-electron chi connectivity index (χ4n) is 2.10. The highest BCUT2D eigenvalue weighted by Crippen LogP contribution is 2.26. The number of benzene rings is 1. The SMILES string of the molecule is CCc1ccc(CC(NN)c2ccc(OC)c(F)c2)s1. The zero-order chi connectivity index (χ0) is 14.5. The van der Waals surface area contributed by atoms with E-state index in [1.165, 1.54) is 22.9 Å². The van der Waals surface area contributed by atoms with Crippen molar-refractivity contribution < 1.29 is 9.13 Å². The number of methoxy groups -OCH3 is 1. The van der Waals surface area contributed by atoms with Crippen LogP contribution in [0.5, 0.6) is 5.75 Å². The molecule has 0 fully saturated rings. The van der Waals surface area contributed by atoms with Crippen molar-refractivity contribution in [2.45, 2.75) is 25.8 Å². The van der Waals surface area contributed by atoms with Gasteiger partial charge in [-0.05, 0) is 36.2 Å².